The number of hydrogen-bond acceptors (Lipinski definition) is 4. The second-order valence-electron chi connectivity index (χ2n) is 8.28. The standard InChI is InChI=1S/C25H32N4S2/c1-20(31-19-21-7-3-2-4-8-21)26-25(30)27-22-9-11-23(12-10-22)29-17-13-24(14-18-29)28-15-5-6-16-28/h2-4,7-12,24H,1,5-6,13-19H2,(H2,26,27,30). The fraction of sp³-hybridized carbons (Fsp3) is 0.400. The van der Waals surface area contributed by atoms with Crippen LogP contribution >= 0.6 is 24.0 Å². The summed E-state index contributed by atoms with van der Waals surface area (Å²) < 4.78 is 0. The largest absolute Gasteiger partial charge is 0.371 e. The Morgan fingerprint density at radius 3 is 2.32 bits per heavy atom. The van der Waals surface area contributed by atoms with Crippen molar-refractivity contribution in [2.75, 3.05) is 36.4 Å². The normalized spacial score (nSPS) is 17.5. The molecule has 4 rings (SSSR count). The molecule has 2 fully saturated rings. The highest BCUT2D eigenvalue weighted by atomic mass is 32.2. The first-order valence-electron chi connectivity index (χ1n) is 11.2. The van der Waals surface area contributed by atoms with Gasteiger partial charge in [-0.1, -0.05) is 36.9 Å². The van der Waals surface area contributed by atoms with E-state index in [2.05, 4.69) is 75.5 Å². The number of nitrogens with zero attached hydrogens (tertiary/aromatic N) is 2. The Bertz CT molecular complexity index is 855. The highest BCUT2D eigenvalue weighted by molar-refractivity contribution is 8.02. The van der Waals surface area contributed by atoms with E-state index >= 15 is 0 Å². The zero-order valence-electron chi connectivity index (χ0n) is 18.1. The number of piperidine rings is 1. The summed E-state index contributed by atoms with van der Waals surface area (Å²) >= 11 is 7.11. The molecule has 0 atom stereocenters. The summed E-state index contributed by atoms with van der Waals surface area (Å²) in [6.07, 6.45) is 5.31. The van der Waals surface area contributed by atoms with Crippen molar-refractivity contribution in [1.29, 1.82) is 0 Å². The third kappa shape index (κ3) is 6.48. The maximum absolute atomic E-state index is 5.46. The number of rotatable bonds is 7. The number of anilines is 2. The van der Waals surface area contributed by atoms with Crippen molar-refractivity contribution in [3.63, 3.8) is 0 Å². The monoisotopic (exact) mass is 452 g/mol. The molecule has 4 nitrogen and oxygen atoms in total. The summed E-state index contributed by atoms with van der Waals surface area (Å²) in [5, 5.41) is 7.87. The average Bonchev–Trinajstić information content (AvgIpc) is 3.34. The van der Waals surface area contributed by atoms with E-state index in [0.717, 1.165) is 35.6 Å². The second kappa shape index (κ2) is 11.0. The van der Waals surface area contributed by atoms with Crippen molar-refractivity contribution in [1.82, 2.24) is 10.2 Å². The number of thiocarbonyl (C=S) groups is 1. The van der Waals surface area contributed by atoms with Gasteiger partial charge in [-0.15, -0.1) is 11.8 Å². The van der Waals surface area contributed by atoms with Gasteiger partial charge < -0.3 is 20.4 Å². The Morgan fingerprint density at radius 2 is 1.65 bits per heavy atom. The van der Waals surface area contributed by atoms with E-state index < -0.39 is 0 Å². The Kier molecular flexibility index (Phi) is 7.89. The van der Waals surface area contributed by atoms with Gasteiger partial charge in [0.25, 0.3) is 0 Å². The van der Waals surface area contributed by atoms with E-state index in [-0.39, 0.29) is 0 Å². The first-order valence-corrected chi connectivity index (χ1v) is 12.6. The Morgan fingerprint density at radius 1 is 0.968 bits per heavy atom. The molecule has 0 aromatic heterocycles. The van der Waals surface area contributed by atoms with Gasteiger partial charge in [0.05, 0.1) is 5.03 Å². The molecular formula is C25H32N4S2. The lowest BCUT2D eigenvalue weighted by Crippen LogP contribution is -2.43. The summed E-state index contributed by atoms with van der Waals surface area (Å²) in [5.74, 6) is 0.873. The van der Waals surface area contributed by atoms with Crippen molar-refractivity contribution < 1.29 is 0 Å². The number of benzene rings is 2. The molecule has 0 bridgehead atoms. The lowest BCUT2D eigenvalue weighted by molar-refractivity contribution is 0.208. The molecule has 2 aliphatic rings. The zero-order valence-corrected chi connectivity index (χ0v) is 19.7. The zero-order chi connectivity index (χ0) is 21.5. The number of likely N-dealkylation sites (tertiary alicyclic amines) is 1. The van der Waals surface area contributed by atoms with Crippen molar-refractivity contribution >= 4 is 40.5 Å². The quantitative estimate of drug-likeness (QED) is 0.544. The van der Waals surface area contributed by atoms with Crippen LogP contribution in [0, 0.1) is 0 Å². The highest BCUT2D eigenvalue weighted by Crippen LogP contribution is 2.26. The fourth-order valence-corrected chi connectivity index (χ4v) is 5.43. The van der Waals surface area contributed by atoms with Crippen LogP contribution in [0.2, 0.25) is 0 Å². The van der Waals surface area contributed by atoms with Crippen molar-refractivity contribution in [3.05, 3.63) is 71.8 Å². The van der Waals surface area contributed by atoms with Crippen LogP contribution in [-0.4, -0.2) is 42.2 Å². The Balaban J connectivity index is 1.20. The van der Waals surface area contributed by atoms with E-state index in [9.17, 15) is 0 Å². The average molecular weight is 453 g/mol. The lowest BCUT2D eigenvalue weighted by atomic mass is 10.0. The highest BCUT2D eigenvalue weighted by Gasteiger charge is 2.26. The van der Waals surface area contributed by atoms with Crippen LogP contribution in [0.3, 0.4) is 0 Å². The van der Waals surface area contributed by atoms with E-state index in [1.54, 1.807) is 11.8 Å². The molecule has 2 aliphatic heterocycles. The fourth-order valence-electron chi connectivity index (χ4n) is 4.42. The van der Waals surface area contributed by atoms with Gasteiger partial charge in [-0.3, -0.25) is 0 Å². The van der Waals surface area contributed by atoms with Crippen molar-refractivity contribution in [2.45, 2.75) is 37.5 Å². The van der Waals surface area contributed by atoms with Crippen LogP contribution < -0.4 is 15.5 Å². The minimum Gasteiger partial charge on any atom is -0.371 e. The predicted octanol–water partition coefficient (Wildman–Crippen LogP) is 5.44. The van der Waals surface area contributed by atoms with Crippen molar-refractivity contribution in [3.8, 4) is 0 Å². The summed E-state index contributed by atoms with van der Waals surface area (Å²) in [7, 11) is 0. The molecule has 6 heteroatoms. The Hall–Kier alpha value is -2.02. The van der Waals surface area contributed by atoms with Crippen LogP contribution in [0.4, 0.5) is 11.4 Å². The van der Waals surface area contributed by atoms with Gasteiger partial charge in [-0.2, -0.15) is 0 Å². The summed E-state index contributed by atoms with van der Waals surface area (Å²) in [6.45, 7) is 8.97. The topological polar surface area (TPSA) is 30.5 Å². The summed E-state index contributed by atoms with van der Waals surface area (Å²) in [5.41, 5.74) is 3.57. The minimum atomic E-state index is 0.574. The summed E-state index contributed by atoms with van der Waals surface area (Å²) in [6, 6.07) is 19.8. The maximum atomic E-state index is 5.46. The molecule has 0 unspecified atom stereocenters. The van der Waals surface area contributed by atoms with Gasteiger partial charge in [0.2, 0.25) is 0 Å². The van der Waals surface area contributed by atoms with E-state index in [4.69, 9.17) is 12.2 Å². The molecule has 2 N–H and O–H groups in total. The van der Waals surface area contributed by atoms with Gasteiger partial charge in [0.1, 0.15) is 0 Å². The van der Waals surface area contributed by atoms with Crippen LogP contribution in [0.25, 0.3) is 0 Å². The molecule has 2 aromatic carbocycles. The molecule has 31 heavy (non-hydrogen) atoms. The molecular weight excluding hydrogens is 420 g/mol. The van der Waals surface area contributed by atoms with Gasteiger partial charge in [-0.05, 0) is 80.8 Å². The molecule has 0 radical (unpaired) electrons. The van der Waals surface area contributed by atoms with Crippen LogP contribution in [0.1, 0.15) is 31.2 Å². The SMILES string of the molecule is C=C(NC(=S)Nc1ccc(N2CCC(N3CCCC3)CC2)cc1)SCc1ccccc1. The maximum Gasteiger partial charge on any atom is 0.175 e. The molecule has 0 amide bonds. The third-order valence-corrected chi connectivity index (χ3v) is 7.25. The van der Waals surface area contributed by atoms with Crippen LogP contribution in [0.15, 0.2) is 66.2 Å². The van der Waals surface area contributed by atoms with E-state index in [1.807, 2.05) is 6.07 Å². The number of hydrogen-bond donors (Lipinski definition) is 2. The Labute approximate surface area is 196 Å². The summed E-state index contributed by atoms with van der Waals surface area (Å²) in [4.78, 5) is 5.21. The smallest absolute Gasteiger partial charge is 0.175 e. The first-order chi connectivity index (χ1) is 15.2. The second-order valence-corrected chi connectivity index (χ2v) is 9.76. The first kappa shape index (κ1) is 22.2. The predicted molar refractivity (Wildman–Crippen MR) is 139 cm³/mol. The molecule has 2 heterocycles. The number of thioether (sulfide) groups is 1. The van der Waals surface area contributed by atoms with E-state index in [0.29, 0.717) is 5.11 Å². The number of nitrogens with one attached hydrogen (secondary N) is 2. The molecule has 0 aliphatic carbocycles. The molecule has 164 valence electrons. The van der Waals surface area contributed by atoms with Crippen LogP contribution in [-0.2, 0) is 5.75 Å². The van der Waals surface area contributed by atoms with Gasteiger partial charge in [-0.25, -0.2) is 0 Å². The van der Waals surface area contributed by atoms with Gasteiger partial charge in [0, 0.05) is 36.3 Å². The van der Waals surface area contributed by atoms with E-state index in [1.165, 1.54) is 50.0 Å². The van der Waals surface area contributed by atoms with Gasteiger partial charge in [0.15, 0.2) is 5.11 Å². The lowest BCUT2D eigenvalue weighted by Gasteiger charge is -2.37. The van der Waals surface area contributed by atoms with Crippen LogP contribution in [0.5, 0.6) is 0 Å². The minimum absolute atomic E-state index is 0.574. The molecule has 2 saturated heterocycles. The molecule has 0 saturated carbocycles. The molecule has 2 aromatic rings. The third-order valence-electron chi connectivity index (χ3n) is 6.12. The van der Waals surface area contributed by atoms with Crippen molar-refractivity contribution in [2.24, 2.45) is 0 Å². The van der Waals surface area contributed by atoms with Gasteiger partial charge >= 0.3 is 0 Å². The molecule has 0 spiro atoms.